The molecule has 3 atom stereocenters. The third-order valence-corrected chi connectivity index (χ3v) is 5.18. The van der Waals surface area contributed by atoms with Gasteiger partial charge in [-0.2, -0.15) is 0 Å². The fourth-order valence-electron chi connectivity index (χ4n) is 3.62. The summed E-state index contributed by atoms with van der Waals surface area (Å²) in [6.45, 7) is 7.97. The number of amides is 2. The summed E-state index contributed by atoms with van der Waals surface area (Å²) in [5.41, 5.74) is -0.514. The number of alkyl carbamates (subject to hydrolysis) is 1. The molecule has 7 heteroatoms. The maximum atomic E-state index is 13.2. The van der Waals surface area contributed by atoms with Crippen LogP contribution in [-0.2, 0) is 19.0 Å². The minimum absolute atomic E-state index is 0.0627. The highest BCUT2D eigenvalue weighted by Gasteiger charge is 2.40. The second-order valence-corrected chi connectivity index (χ2v) is 8.94. The summed E-state index contributed by atoms with van der Waals surface area (Å²) in [6.07, 6.45) is 12.0. The van der Waals surface area contributed by atoms with Crippen molar-refractivity contribution in [2.24, 2.45) is 5.92 Å². The van der Waals surface area contributed by atoms with Gasteiger partial charge in [0.15, 0.2) is 6.23 Å². The number of nitrogens with zero attached hydrogens (tertiary/aromatic N) is 1. The summed E-state index contributed by atoms with van der Waals surface area (Å²) in [5, 5.41) is 2.77. The van der Waals surface area contributed by atoms with Crippen LogP contribution >= 0.6 is 0 Å². The number of hydrogen-bond acceptors (Lipinski definition) is 5. The van der Waals surface area contributed by atoms with Gasteiger partial charge in [-0.3, -0.25) is 4.79 Å². The van der Waals surface area contributed by atoms with Gasteiger partial charge in [-0.05, 0) is 52.9 Å². The number of methoxy groups -OCH3 is 2. The SMILES string of the molecule is C#CCCCC[C@@H](C)C(=O)N1C(OC)C=C(OC)[C@@H]1CCCCNC(=O)OC(C)(C)C. The van der Waals surface area contributed by atoms with Crippen molar-refractivity contribution in [1.82, 2.24) is 10.2 Å². The summed E-state index contributed by atoms with van der Waals surface area (Å²) in [7, 11) is 3.21. The van der Waals surface area contributed by atoms with Gasteiger partial charge in [0, 0.05) is 32.1 Å². The lowest BCUT2D eigenvalue weighted by Gasteiger charge is -2.32. The van der Waals surface area contributed by atoms with E-state index < -0.39 is 17.9 Å². The van der Waals surface area contributed by atoms with Crippen LogP contribution in [0.3, 0.4) is 0 Å². The maximum absolute atomic E-state index is 13.2. The molecule has 2 amide bonds. The van der Waals surface area contributed by atoms with Crippen LogP contribution in [-0.4, -0.2) is 55.5 Å². The third kappa shape index (κ3) is 9.22. The highest BCUT2D eigenvalue weighted by atomic mass is 16.6. The molecule has 1 heterocycles. The first-order valence-electron chi connectivity index (χ1n) is 11.2. The summed E-state index contributed by atoms with van der Waals surface area (Å²) < 4.78 is 16.4. The van der Waals surface area contributed by atoms with E-state index in [0.717, 1.165) is 50.7 Å². The number of terminal acetylenes is 1. The van der Waals surface area contributed by atoms with E-state index >= 15 is 0 Å². The number of carbonyl (C=O) groups is 2. The second-order valence-electron chi connectivity index (χ2n) is 8.94. The first-order valence-corrected chi connectivity index (χ1v) is 11.2. The Morgan fingerprint density at radius 2 is 1.94 bits per heavy atom. The molecule has 0 saturated heterocycles. The van der Waals surface area contributed by atoms with Gasteiger partial charge in [-0.1, -0.05) is 13.3 Å². The van der Waals surface area contributed by atoms with Crippen LogP contribution in [0, 0.1) is 18.3 Å². The minimum atomic E-state index is -0.514. The topological polar surface area (TPSA) is 77.1 Å². The lowest BCUT2D eigenvalue weighted by Crippen LogP contribution is -2.46. The largest absolute Gasteiger partial charge is 0.499 e. The molecule has 1 aliphatic rings. The fourth-order valence-corrected chi connectivity index (χ4v) is 3.62. The highest BCUT2D eigenvalue weighted by Crippen LogP contribution is 2.31. The van der Waals surface area contributed by atoms with Crippen molar-refractivity contribution in [1.29, 1.82) is 0 Å². The maximum Gasteiger partial charge on any atom is 0.407 e. The van der Waals surface area contributed by atoms with Crippen LogP contribution in [0.2, 0.25) is 0 Å². The van der Waals surface area contributed by atoms with E-state index in [-0.39, 0.29) is 17.9 Å². The number of rotatable bonds is 12. The van der Waals surface area contributed by atoms with Gasteiger partial charge in [0.2, 0.25) is 5.91 Å². The van der Waals surface area contributed by atoms with Gasteiger partial charge in [-0.25, -0.2) is 4.79 Å². The zero-order valence-corrected chi connectivity index (χ0v) is 20.0. The molecule has 1 N–H and O–H groups in total. The molecular formula is C24H40N2O5. The molecule has 0 saturated carbocycles. The Labute approximate surface area is 187 Å². The van der Waals surface area contributed by atoms with Crippen LogP contribution in [0.4, 0.5) is 4.79 Å². The van der Waals surface area contributed by atoms with Gasteiger partial charge in [-0.15, -0.1) is 12.3 Å². The van der Waals surface area contributed by atoms with E-state index in [1.807, 2.05) is 33.8 Å². The van der Waals surface area contributed by atoms with Crippen molar-refractivity contribution in [2.75, 3.05) is 20.8 Å². The summed E-state index contributed by atoms with van der Waals surface area (Å²) >= 11 is 0. The van der Waals surface area contributed by atoms with Crippen LogP contribution in [0.1, 0.15) is 72.6 Å². The zero-order chi connectivity index (χ0) is 23.4. The molecule has 0 aliphatic carbocycles. The smallest absolute Gasteiger partial charge is 0.407 e. The molecule has 31 heavy (non-hydrogen) atoms. The number of carbonyl (C=O) groups excluding carboxylic acids is 2. The summed E-state index contributed by atoms with van der Waals surface area (Å²) in [6, 6.07) is -0.169. The molecule has 1 aliphatic heterocycles. The Balaban J connectivity index is 2.61. The van der Waals surface area contributed by atoms with Gasteiger partial charge in [0.25, 0.3) is 0 Å². The van der Waals surface area contributed by atoms with E-state index in [1.54, 1.807) is 19.1 Å². The minimum Gasteiger partial charge on any atom is -0.499 e. The number of hydrogen-bond donors (Lipinski definition) is 1. The normalized spacial score (nSPS) is 19.4. The van der Waals surface area contributed by atoms with E-state index in [9.17, 15) is 9.59 Å². The van der Waals surface area contributed by atoms with Crippen molar-refractivity contribution >= 4 is 12.0 Å². The molecule has 0 aromatic carbocycles. The van der Waals surface area contributed by atoms with E-state index in [1.165, 1.54) is 0 Å². The van der Waals surface area contributed by atoms with Crippen molar-refractivity contribution in [3.8, 4) is 12.3 Å². The van der Waals surface area contributed by atoms with Gasteiger partial charge < -0.3 is 24.4 Å². The average Bonchev–Trinajstić information content (AvgIpc) is 3.06. The van der Waals surface area contributed by atoms with Crippen LogP contribution in [0.25, 0.3) is 0 Å². The van der Waals surface area contributed by atoms with E-state index in [2.05, 4.69) is 11.2 Å². The van der Waals surface area contributed by atoms with Crippen molar-refractivity contribution in [3.63, 3.8) is 0 Å². The van der Waals surface area contributed by atoms with Crippen LogP contribution in [0.15, 0.2) is 11.8 Å². The molecule has 1 rings (SSSR count). The average molecular weight is 437 g/mol. The van der Waals surface area contributed by atoms with Gasteiger partial charge in [0.1, 0.15) is 11.4 Å². The lowest BCUT2D eigenvalue weighted by molar-refractivity contribution is -0.146. The molecule has 0 bridgehead atoms. The number of unbranched alkanes of at least 4 members (excludes halogenated alkanes) is 3. The molecule has 0 fully saturated rings. The number of ether oxygens (including phenoxy) is 3. The Bertz CT molecular complexity index is 647. The molecular weight excluding hydrogens is 396 g/mol. The molecule has 0 aromatic rings. The Kier molecular flexibility index (Phi) is 11.5. The van der Waals surface area contributed by atoms with E-state index in [4.69, 9.17) is 20.6 Å². The summed E-state index contributed by atoms with van der Waals surface area (Å²) in [5.74, 6) is 3.34. The van der Waals surface area contributed by atoms with Crippen molar-refractivity contribution in [3.05, 3.63) is 11.8 Å². The zero-order valence-electron chi connectivity index (χ0n) is 20.0. The Morgan fingerprint density at radius 3 is 2.52 bits per heavy atom. The molecule has 0 radical (unpaired) electrons. The lowest BCUT2D eigenvalue weighted by atomic mass is 10.00. The van der Waals surface area contributed by atoms with Crippen LogP contribution < -0.4 is 5.32 Å². The van der Waals surface area contributed by atoms with Gasteiger partial charge >= 0.3 is 6.09 Å². The molecule has 0 aromatic heterocycles. The van der Waals surface area contributed by atoms with E-state index in [0.29, 0.717) is 6.54 Å². The first kappa shape index (κ1) is 26.8. The first-order chi connectivity index (χ1) is 14.6. The predicted octanol–water partition coefficient (Wildman–Crippen LogP) is 4.22. The summed E-state index contributed by atoms with van der Waals surface area (Å²) in [4.78, 5) is 26.8. The Hall–Kier alpha value is -2.20. The third-order valence-electron chi connectivity index (χ3n) is 5.18. The molecule has 7 nitrogen and oxygen atoms in total. The van der Waals surface area contributed by atoms with Crippen molar-refractivity contribution in [2.45, 2.75) is 90.5 Å². The predicted molar refractivity (Wildman–Crippen MR) is 121 cm³/mol. The fraction of sp³-hybridized carbons (Fsp3) is 0.750. The molecule has 0 spiro atoms. The number of nitrogens with one attached hydrogen (secondary N) is 1. The van der Waals surface area contributed by atoms with Crippen molar-refractivity contribution < 1.29 is 23.8 Å². The molecule has 1 unspecified atom stereocenters. The highest BCUT2D eigenvalue weighted by molar-refractivity contribution is 5.80. The molecule has 176 valence electrons. The Morgan fingerprint density at radius 1 is 1.23 bits per heavy atom. The second kappa shape index (κ2) is 13.3. The van der Waals surface area contributed by atoms with Crippen LogP contribution in [0.5, 0.6) is 0 Å². The quantitative estimate of drug-likeness (QED) is 0.366. The van der Waals surface area contributed by atoms with Gasteiger partial charge in [0.05, 0.1) is 13.2 Å². The standard InChI is InChI=1S/C24H40N2O5/c1-8-9-10-11-14-18(2)22(27)26-19(20(29-6)17-21(26)30-7)15-12-13-16-25-23(28)31-24(3,4)5/h1,17-19,21H,9-16H2,2-7H3,(H,25,28)/t18-,19+,21?/m1/s1. The monoisotopic (exact) mass is 436 g/mol.